The van der Waals surface area contributed by atoms with Gasteiger partial charge in [-0.25, -0.2) is 0 Å². The molecule has 0 saturated carbocycles. The quantitative estimate of drug-likeness (QED) is 0.549. The van der Waals surface area contributed by atoms with Crippen molar-refractivity contribution in [3.05, 3.63) is 77.3 Å². The van der Waals surface area contributed by atoms with E-state index in [2.05, 4.69) is 15.2 Å². The van der Waals surface area contributed by atoms with Gasteiger partial charge in [0.2, 0.25) is 5.78 Å². The van der Waals surface area contributed by atoms with E-state index in [1.165, 1.54) is 25.9 Å². The van der Waals surface area contributed by atoms with Crippen LogP contribution in [0.4, 0.5) is 0 Å². The minimum atomic E-state index is -0.119. The molecule has 0 unspecified atom stereocenters. The predicted molar refractivity (Wildman–Crippen MR) is 116 cm³/mol. The lowest BCUT2D eigenvalue weighted by Gasteiger charge is -2.13. The molecule has 0 N–H and O–H groups in total. The smallest absolute Gasteiger partial charge is 0.231 e. The number of aromatic nitrogens is 3. The number of hydrogen-bond donors (Lipinski definition) is 0. The van der Waals surface area contributed by atoms with E-state index in [9.17, 15) is 4.79 Å². The maximum absolute atomic E-state index is 12.6. The number of carbonyl (C=O) groups excluding carboxylic acids is 1. The van der Waals surface area contributed by atoms with Gasteiger partial charge in [0.05, 0.1) is 18.3 Å². The minimum absolute atomic E-state index is 0.119. The first-order chi connectivity index (χ1) is 15.2. The van der Waals surface area contributed by atoms with Crippen LogP contribution in [0.15, 0.2) is 60.5 Å². The molecule has 0 bridgehead atoms. The van der Waals surface area contributed by atoms with Crippen LogP contribution in [0.1, 0.15) is 34.5 Å². The second-order valence-corrected chi connectivity index (χ2v) is 7.82. The number of allylic oxidation sites excluding steroid dienone is 1. The normalized spacial score (nSPS) is 17.2. The van der Waals surface area contributed by atoms with Gasteiger partial charge in [0.15, 0.2) is 5.76 Å². The van der Waals surface area contributed by atoms with Crippen LogP contribution in [-0.2, 0) is 13.2 Å². The van der Waals surface area contributed by atoms with Crippen LogP contribution in [0.2, 0.25) is 0 Å². The summed E-state index contributed by atoms with van der Waals surface area (Å²) in [7, 11) is 0. The fraction of sp³-hybridized carbons (Fsp3) is 0.292. The topological polar surface area (TPSA) is 69.5 Å². The van der Waals surface area contributed by atoms with Crippen molar-refractivity contribution in [2.45, 2.75) is 26.0 Å². The lowest BCUT2D eigenvalue weighted by atomic mass is 10.1. The van der Waals surface area contributed by atoms with Crippen molar-refractivity contribution in [3.63, 3.8) is 0 Å². The number of hydrogen-bond acceptors (Lipinski definition) is 6. The molecule has 0 amide bonds. The average Bonchev–Trinajstić information content (AvgIpc) is 3.53. The van der Waals surface area contributed by atoms with Crippen molar-refractivity contribution in [1.82, 2.24) is 19.9 Å². The number of likely N-dealkylation sites (tertiary alicyclic amines) is 1. The summed E-state index contributed by atoms with van der Waals surface area (Å²) >= 11 is 0. The maximum atomic E-state index is 12.6. The van der Waals surface area contributed by atoms with Crippen molar-refractivity contribution >= 4 is 11.9 Å². The van der Waals surface area contributed by atoms with Crippen LogP contribution < -0.4 is 9.47 Å². The van der Waals surface area contributed by atoms with Gasteiger partial charge in [-0.1, -0.05) is 35.5 Å². The van der Waals surface area contributed by atoms with Crippen molar-refractivity contribution in [3.8, 4) is 11.5 Å². The van der Waals surface area contributed by atoms with Crippen LogP contribution in [0.3, 0.4) is 0 Å². The first-order valence-electron chi connectivity index (χ1n) is 10.6. The molecule has 2 aliphatic heterocycles. The summed E-state index contributed by atoms with van der Waals surface area (Å²) < 4.78 is 13.5. The average molecular weight is 416 g/mol. The van der Waals surface area contributed by atoms with Gasteiger partial charge in [-0.3, -0.25) is 9.48 Å². The molecule has 1 saturated heterocycles. The molecular weight excluding hydrogens is 392 g/mol. The molecular formula is C24H24N4O3. The summed E-state index contributed by atoms with van der Waals surface area (Å²) in [5.41, 5.74) is 2.23. The Morgan fingerprint density at radius 2 is 1.90 bits per heavy atom. The number of ether oxygens (including phenoxy) is 2. The number of benzene rings is 2. The minimum Gasteiger partial charge on any atom is -0.487 e. The molecule has 2 aliphatic rings. The van der Waals surface area contributed by atoms with Gasteiger partial charge in [0.1, 0.15) is 23.8 Å². The van der Waals surface area contributed by atoms with E-state index < -0.39 is 0 Å². The fourth-order valence-corrected chi connectivity index (χ4v) is 3.88. The van der Waals surface area contributed by atoms with Crippen molar-refractivity contribution in [1.29, 1.82) is 0 Å². The standard InChI is InChI=1S/C24H24N4O3/c29-24-21-9-8-20(15-22(21)31-23(24)14-18-6-2-1-3-7-18)30-17-19-16-28(26-25-19)13-12-27-10-4-5-11-27/h1-3,6-9,14-16H,4-5,10-13,17H2/b23-14-. The molecule has 7 nitrogen and oxygen atoms in total. The third-order valence-corrected chi connectivity index (χ3v) is 5.56. The maximum Gasteiger partial charge on any atom is 0.231 e. The third-order valence-electron chi connectivity index (χ3n) is 5.56. The van der Waals surface area contributed by atoms with Crippen molar-refractivity contribution < 1.29 is 14.3 Å². The van der Waals surface area contributed by atoms with Crippen LogP contribution >= 0.6 is 0 Å². The summed E-state index contributed by atoms with van der Waals surface area (Å²) in [5, 5.41) is 8.39. The van der Waals surface area contributed by atoms with E-state index in [1.807, 2.05) is 41.2 Å². The second-order valence-electron chi connectivity index (χ2n) is 7.82. The van der Waals surface area contributed by atoms with E-state index in [-0.39, 0.29) is 5.78 Å². The molecule has 7 heteroatoms. The molecule has 2 aromatic carbocycles. The Balaban J connectivity index is 1.19. The number of rotatable bonds is 7. The van der Waals surface area contributed by atoms with Gasteiger partial charge in [-0.2, -0.15) is 0 Å². The zero-order valence-corrected chi connectivity index (χ0v) is 17.2. The molecule has 3 aromatic rings. The molecule has 0 atom stereocenters. The molecule has 1 aromatic heterocycles. The molecule has 3 heterocycles. The third kappa shape index (κ3) is 4.51. The van der Waals surface area contributed by atoms with Crippen LogP contribution in [0, 0.1) is 0 Å². The first-order valence-corrected chi connectivity index (χ1v) is 10.6. The molecule has 158 valence electrons. The van der Waals surface area contributed by atoms with Crippen LogP contribution in [0.25, 0.3) is 6.08 Å². The summed E-state index contributed by atoms with van der Waals surface area (Å²) in [4.78, 5) is 15.0. The largest absolute Gasteiger partial charge is 0.487 e. The Hall–Kier alpha value is -3.45. The van der Waals surface area contributed by atoms with E-state index in [4.69, 9.17) is 9.47 Å². The number of ketones is 1. The van der Waals surface area contributed by atoms with E-state index >= 15 is 0 Å². The first kappa shape index (κ1) is 19.5. The Labute approximate surface area is 180 Å². The fourth-order valence-electron chi connectivity index (χ4n) is 3.88. The lowest BCUT2D eigenvalue weighted by molar-refractivity contribution is 0.101. The number of Topliss-reactive ketones (excluding diaryl/α,β-unsaturated/α-hetero) is 1. The Morgan fingerprint density at radius 3 is 2.74 bits per heavy atom. The molecule has 1 fully saturated rings. The molecule has 0 spiro atoms. The molecule has 0 radical (unpaired) electrons. The van der Waals surface area contributed by atoms with E-state index in [1.54, 1.807) is 24.3 Å². The number of fused-ring (bicyclic) bond motifs is 1. The van der Waals surface area contributed by atoms with Crippen LogP contribution in [-0.4, -0.2) is 45.3 Å². The number of carbonyl (C=O) groups is 1. The SMILES string of the molecule is O=C1/C(=C/c2ccccc2)Oc2cc(OCc3cn(CCN4CCCC4)nn3)ccc21. The van der Waals surface area contributed by atoms with Gasteiger partial charge in [-0.05, 0) is 49.7 Å². The van der Waals surface area contributed by atoms with Gasteiger partial charge in [-0.15, -0.1) is 5.10 Å². The highest BCUT2D eigenvalue weighted by atomic mass is 16.5. The zero-order valence-electron chi connectivity index (χ0n) is 17.2. The summed E-state index contributed by atoms with van der Waals surface area (Å²) in [6.45, 7) is 4.49. The van der Waals surface area contributed by atoms with Gasteiger partial charge in [0, 0.05) is 12.6 Å². The Bertz CT molecular complexity index is 1100. The van der Waals surface area contributed by atoms with Crippen LogP contribution in [0.5, 0.6) is 11.5 Å². The highest BCUT2D eigenvalue weighted by Gasteiger charge is 2.27. The molecule has 0 aliphatic carbocycles. The van der Waals surface area contributed by atoms with Crippen molar-refractivity contribution in [2.75, 3.05) is 19.6 Å². The van der Waals surface area contributed by atoms with Crippen molar-refractivity contribution in [2.24, 2.45) is 0 Å². The summed E-state index contributed by atoms with van der Waals surface area (Å²) in [6, 6.07) is 14.9. The highest BCUT2D eigenvalue weighted by molar-refractivity contribution is 6.14. The Kier molecular flexibility index (Phi) is 5.50. The van der Waals surface area contributed by atoms with Gasteiger partial charge >= 0.3 is 0 Å². The summed E-state index contributed by atoms with van der Waals surface area (Å²) in [5.74, 6) is 1.34. The second kappa shape index (κ2) is 8.73. The van der Waals surface area contributed by atoms with E-state index in [0.717, 1.165) is 24.3 Å². The monoisotopic (exact) mass is 416 g/mol. The highest BCUT2D eigenvalue weighted by Crippen LogP contribution is 2.35. The number of nitrogens with zero attached hydrogens (tertiary/aromatic N) is 4. The summed E-state index contributed by atoms with van der Waals surface area (Å²) in [6.07, 6.45) is 6.25. The lowest BCUT2D eigenvalue weighted by Crippen LogP contribution is -2.24. The molecule has 31 heavy (non-hydrogen) atoms. The van der Waals surface area contributed by atoms with Gasteiger partial charge in [0.25, 0.3) is 0 Å². The zero-order chi connectivity index (χ0) is 21.0. The van der Waals surface area contributed by atoms with E-state index in [0.29, 0.717) is 29.4 Å². The predicted octanol–water partition coefficient (Wildman–Crippen LogP) is 3.57. The Morgan fingerprint density at radius 1 is 1.06 bits per heavy atom. The van der Waals surface area contributed by atoms with Gasteiger partial charge < -0.3 is 14.4 Å². The molecule has 5 rings (SSSR count).